The lowest BCUT2D eigenvalue weighted by Gasteiger charge is -2.11. The summed E-state index contributed by atoms with van der Waals surface area (Å²) in [6.07, 6.45) is 1.20. The van der Waals surface area contributed by atoms with Gasteiger partial charge in [-0.05, 0) is 42.7 Å². The highest BCUT2D eigenvalue weighted by molar-refractivity contribution is 5.85. The molecular weight excluding hydrogens is 326 g/mol. The van der Waals surface area contributed by atoms with E-state index in [4.69, 9.17) is 9.72 Å². The van der Waals surface area contributed by atoms with Crippen LogP contribution < -0.4 is 4.74 Å². The van der Waals surface area contributed by atoms with Crippen LogP contribution in [0.3, 0.4) is 0 Å². The molecule has 0 N–H and O–H groups in total. The summed E-state index contributed by atoms with van der Waals surface area (Å²) >= 11 is 0. The number of hydrogen-bond donors (Lipinski definition) is 0. The molecule has 134 valence electrons. The predicted octanol–water partition coefficient (Wildman–Crippen LogP) is 3.63. The fraction of sp³-hybridized carbons (Fsp3) is 0.286. The molecule has 2 heterocycles. The molecule has 3 rings (SSSR count). The van der Waals surface area contributed by atoms with Gasteiger partial charge >= 0.3 is 0 Å². The van der Waals surface area contributed by atoms with Crippen molar-refractivity contribution in [3.05, 3.63) is 53.6 Å². The molecule has 0 aliphatic heterocycles. The zero-order valence-corrected chi connectivity index (χ0v) is 15.6. The number of amides is 1. The van der Waals surface area contributed by atoms with Crippen LogP contribution in [0.2, 0.25) is 0 Å². The summed E-state index contributed by atoms with van der Waals surface area (Å²) in [5, 5.41) is 1.11. The fourth-order valence-corrected chi connectivity index (χ4v) is 2.88. The number of methoxy groups -OCH3 is 1. The summed E-state index contributed by atoms with van der Waals surface area (Å²) in [7, 11) is 5.16. The fourth-order valence-electron chi connectivity index (χ4n) is 2.88. The number of pyridine rings is 2. The Morgan fingerprint density at radius 1 is 1.08 bits per heavy atom. The first-order valence-corrected chi connectivity index (χ1v) is 8.60. The molecule has 0 aliphatic rings. The minimum Gasteiger partial charge on any atom is -0.481 e. The van der Waals surface area contributed by atoms with Crippen molar-refractivity contribution in [2.45, 2.75) is 19.8 Å². The molecular formula is C21H23N3O2. The molecule has 0 fully saturated rings. The largest absolute Gasteiger partial charge is 0.481 e. The van der Waals surface area contributed by atoms with Gasteiger partial charge in [-0.25, -0.2) is 9.97 Å². The lowest BCUT2D eigenvalue weighted by molar-refractivity contribution is -0.128. The highest BCUT2D eigenvalue weighted by Crippen LogP contribution is 2.25. The van der Waals surface area contributed by atoms with E-state index in [9.17, 15) is 4.79 Å². The standard InChI is InChI=1S/C21H23N3O2/c1-14-12-19(17-6-5-7-20(23-17)26-4)22-18-13-15(8-10-16(14)18)9-11-21(25)24(2)3/h5-8,10,12-13H,9,11H2,1-4H3. The summed E-state index contributed by atoms with van der Waals surface area (Å²) in [5.74, 6) is 0.696. The Morgan fingerprint density at radius 3 is 2.62 bits per heavy atom. The number of fused-ring (bicyclic) bond motifs is 1. The summed E-state index contributed by atoms with van der Waals surface area (Å²) < 4.78 is 5.21. The van der Waals surface area contributed by atoms with Crippen LogP contribution in [-0.2, 0) is 11.2 Å². The topological polar surface area (TPSA) is 55.3 Å². The van der Waals surface area contributed by atoms with Crippen LogP contribution in [0.1, 0.15) is 17.5 Å². The SMILES string of the molecule is COc1cccc(-c2cc(C)c3ccc(CCC(=O)N(C)C)cc3n2)n1. The van der Waals surface area contributed by atoms with Gasteiger partial charge < -0.3 is 9.64 Å². The maximum absolute atomic E-state index is 11.8. The normalized spacial score (nSPS) is 10.8. The molecule has 0 aliphatic carbocycles. The number of hydrogen-bond acceptors (Lipinski definition) is 4. The summed E-state index contributed by atoms with van der Waals surface area (Å²) in [6, 6.07) is 13.9. The Kier molecular flexibility index (Phi) is 5.16. The zero-order chi connectivity index (χ0) is 18.7. The van der Waals surface area contributed by atoms with Crippen LogP contribution >= 0.6 is 0 Å². The van der Waals surface area contributed by atoms with Crippen molar-refractivity contribution in [3.8, 4) is 17.3 Å². The number of ether oxygens (including phenoxy) is 1. The molecule has 0 saturated carbocycles. The molecule has 0 bridgehead atoms. The second-order valence-electron chi connectivity index (χ2n) is 6.53. The summed E-state index contributed by atoms with van der Waals surface area (Å²) in [6.45, 7) is 2.07. The molecule has 1 aromatic carbocycles. The maximum atomic E-state index is 11.8. The van der Waals surface area contributed by atoms with E-state index in [2.05, 4.69) is 30.1 Å². The van der Waals surface area contributed by atoms with Crippen molar-refractivity contribution in [3.63, 3.8) is 0 Å². The summed E-state index contributed by atoms with van der Waals surface area (Å²) in [4.78, 5) is 22.7. The van der Waals surface area contributed by atoms with Crippen molar-refractivity contribution in [1.29, 1.82) is 0 Å². The molecule has 2 aromatic heterocycles. The van der Waals surface area contributed by atoms with Crippen molar-refractivity contribution in [2.24, 2.45) is 0 Å². The Morgan fingerprint density at radius 2 is 1.88 bits per heavy atom. The van der Waals surface area contributed by atoms with Crippen molar-refractivity contribution in [1.82, 2.24) is 14.9 Å². The van der Waals surface area contributed by atoms with E-state index >= 15 is 0 Å². The van der Waals surface area contributed by atoms with Crippen LogP contribution in [0.5, 0.6) is 5.88 Å². The zero-order valence-electron chi connectivity index (χ0n) is 15.6. The first-order chi connectivity index (χ1) is 12.5. The van der Waals surface area contributed by atoms with E-state index in [1.54, 1.807) is 26.1 Å². The van der Waals surface area contributed by atoms with Crippen LogP contribution in [0.15, 0.2) is 42.5 Å². The van der Waals surface area contributed by atoms with Gasteiger partial charge in [0.25, 0.3) is 0 Å². The number of aromatic nitrogens is 2. The summed E-state index contributed by atoms with van der Waals surface area (Å²) in [5.41, 5.74) is 4.76. The minimum absolute atomic E-state index is 0.128. The Balaban J connectivity index is 1.96. The molecule has 0 unspecified atom stereocenters. The lowest BCUT2D eigenvalue weighted by Crippen LogP contribution is -2.21. The Bertz CT molecular complexity index is 951. The third-order valence-electron chi connectivity index (χ3n) is 4.40. The highest BCUT2D eigenvalue weighted by Gasteiger charge is 2.09. The second-order valence-corrected chi connectivity index (χ2v) is 6.53. The third kappa shape index (κ3) is 3.82. The molecule has 0 spiro atoms. The maximum Gasteiger partial charge on any atom is 0.222 e. The molecule has 5 nitrogen and oxygen atoms in total. The second kappa shape index (κ2) is 7.52. The van der Waals surface area contributed by atoms with Crippen molar-refractivity contribution >= 4 is 16.8 Å². The monoisotopic (exact) mass is 349 g/mol. The van der Waals surface area contributed by atoms with Gasteiger partial charge in [-0.2, -0.15) is 0 Å². The molecule has 0 radical (unpaired) electrons. The van der Waals surface area contributed by atoms with Crippen LogP contribution in [0.4, 0.5) is 0 Å². The van der Waals surface area contributed by atoms with Gasteiger partial charge in [0.15, 0.2) is 0 Å². The van der Waals surface area contributed by atoms with E-state index in [1.165, 1.54) is 0 Å². The molecule has 5 heteroatoms. The van der Waals surface area contributed by atoms with Crippen molar-refractivity contribution < 1.29 is 9.53 Å². The predicted molar refractivity (Wildman–Crippen MR) is 103 cm³/mol. The van der Waals surface area contributed by atoms with Crippen LogP contribution in [0.25, 0.3) is 22.3 Å². The molecule has 0 saturated heterocycles. The van der Waals surface area contributed by atoms with Gasteiger partial charge in [-0.1, -0.05) is 18.2 Å². The van der Waals surface area contributed by atoms with Gasteiger partial charge in [0.2, 0.25) is 11.8 Å². The van der Waals surface area contributed by atoms with E-state index in [0.29, 0.717) is 18.7 Å². The quantitative estimate of drug-likeness (QED) is 0.706. The van der Waals surface area contributed by atoms with Gasteiger partial charge in [-0.3, -0.25) is 4.79 Å². The van der Waals surface area contributed by atoms with Gasteiger partial charge in [-0.15, -0.1) is 0 Å². The van der Waals surface area contributed by atoms with Gasteiger partial charge in [0, 0.05) is 32.0 Å². The van der Waals surface area contributed by atoms with Gasteiger partial charge in [0.1, 0.15) is 0 Å². The lowest BCUT2D eigenvalue weighted by atomic mass is 10.0. The number of carbonyl (C=O) groups is 1. The number of rotatable bonds is 5. The number of aryl methyl sites for hydroxylation is 2. The molecule has 26 heavy (non-hydrogen) atoms. The van der Waals surface area contributed by atoms with E-state index in [1.807, 2.05) is 24.3 Å². The van der Waals surface area contributed by atoms with Gasteiger partial charge in [0.05, 0.1) is 24.0 Å². The molecule has 3 aromatic rings. The first-order valence-electron chi connectivity index (χ1n) is 8.60. The highest BCUT2D eigenvalue weighted by atomic mass is 16.5. The molecule has 0 atom stereocenters. The van der Waals surface area contributed by atoms with Crippen molar-refractivity contribution in [2.75, 3.05) is 21.2 Å². The van der Waals surface area contributed by atoms with E-state index in [0.717, 1.165) is 33.4 Å². The average molecular weight is 349 g/mol. The van der Waals surface area contributed by atoms with E-state index < -0.39 is 0 Å². The van der Waals surface area contributed by atoms with E-state index in [-0.39, 0.29) is 5.91 Å². The number of nitrogens with zero attached hydrogens (tertiary/aromatic N) is 3. The molecule has 1 amide bonds. The van der Waals surface area contributed by atoms with Crippen LogP contribution in [0, 0.1) is 6.92 Å². The number of carbonyl (C=O) groups excluding carboxylic acids is 1. The third-order valence-corrected chi connectivity index (χ3v) is 4.40. The Hall–Kier alpha value is -2.95. The average Bonchev–Trinajstić information content (AvgIpc) is 2.65. The van der Waals surface area contributed by atoms with Crippen LogP contribution in [-0.4, -0.2) is 42.0 Å². The Labute approximate surface area is 153 Å². The minimum atomic E-state index is 0.128. The smallest absolute Gasteiger partial charge is 0.222 e. The number of benzene rings is 1. The first kappa shape index (κ1) is 17.9.